The van der Waals surface area contributed by atoms with Gasteiger partial charge in [0.15, 0.2) is 0 Å². The van der Waals surface area contributed by atoms with E-state index in [-0.39, 0.29) is 12.1 Å². The second-order valence-electron chi connectivity index (χ2n) is 3.58. The van der Waals surface area contributed by atoms with E-state index in [2.05, 4.69) is 11.9 Å². The first-order valence-electron chi connectivity index (χ1n) is 5.29. The third kappa shape index (κ3) is 2.19. The standard InChI is InChI=1S/C10H17N3O2/c1-2-13-4-3-12-10(13)9(11)8-7-14-5-6-15-8/h3-4,8-9H,2,5-7,11H2,1H3. The first kappa shape index (κ1) is 10.6. The van der Waals surface area contributed by atoms with Gasteiger partial charge in [0.2, 0.25) is 0 Å². The average molecular weight is 211 g/mol. The fraction of sp³-hybridized carbons (Fsp3) is 0.700. The quantitative estimate of drug-likeness (QED) is 0.782. The van der Waals surface area contributed by atoms with Crippen molar-refractivity contribution in [3.63, 3.8) is 0 Å². The van der Waals surface area contributed by atoms with Crippen LogP contribution in [0.15, 0.2) is 12.4 Å². The van der Waals surface area contributed by atoms with Crippen LogP contribution in [0.25, 0.3) is 0 Å². The summed E-state index contributed by atoms with van der Waals surface area (Å²) in [5.41, 5.74) is 6.10. The van der Waals surface area contributed by atoms with Crippen LogP contribution in [-0.2, 0) is 16.0 Å². The summed E-state index contributed by atoms with van der Waals surface area (Å²) in [4.78, 5) is 4.26. The zero-order valence-corrected chi connectivity index (χ0v) is 8.93. The van der Waals surface area contributed by atoms with Gasteiger partial charge in [0, 0.05) is 18.9 Å². The molecule has 0 radical (unpaired) electrons. The van der Waals surface area contributed by atoms with Gasteiger partial charge in [-0.05, 0) is 6.92 Å². The number of hydrogen-bond donors (Lipinski definition) is 1. The van der Waals surface area contributed by atoms with Gasteiger partial charge >= 0.3 is 0 Å². The Kier molecular flexibility index (Phi) is 3.35. The van der Waals surface area contributed by atoms with E-state index in [4.69, 9.17) is 15.2 Å². The Labute approximate surface area is 89.2 Å². The van der Waals surface area contributed by atoms with Crippen molar-refractivity contribution < 1.29 is 9.47 Å². The number of rotatable bonds is 3. The summed E-state index contributed by atoms with van der Waals surface area (Å²) in [5, 5.41) is 0. The first-order valence-corrected chi connectivity index (χ1v) is 5.29. The van der Waals surface area contributed by atoms with Gasteiger partial charge in [-0.15, -0.1) is 0 Å². The predicted octanol–water partition coefficient (Wildman–Crippen LogP) is 0.318. The van der Waals surface area contributed by atoms with Crippen LogP contribution in [0.4, 0.5) is 0 Å². The van der Waals surface area contributed by atoms with E-state index < -0.39 is 0 Å². The van der Waals surface area contributed by atoms with Crippen molar-refractivity contribution in [3.8, 4) is 0 Å². The molecule has 0 aliphatic carbocycles. The van der Waals surface area contributed by atoms with Crippen LogP contribution in [0.1, 0.15) is 18.8 Å². The summed E-state index contributed by atoms with van der Waals surface area (Å²) < 4.78 is 12.9. The smallest absolute Gasteiger partial charge is 0.128 e. The van der Waals surface area contributed by atoms with Crippen molar-refractivity contribution in [2.24, 2.45) is 5.73 Å². The topological polar surface area (TPSA) is 62.3 Å². The lowest BCUT2D eigenvalue weighted by Gasteiger charge is -2.27. The van der Waals surface area contributed by atoms with Crippen LogP contribution in [0.5, 0.6) is 0 Å². The van der Waals surface area contributed by atoms with Gasteiger partial charge in [-0.25, -0.2) is 4.98 Å². The number of ether oxygens (including phenoxy) is 2. The first-order chi connectivity index (χ1) is 7.33. The Morgan fingerprint density at radius 3 is 3.20 bits per heavy atom. The third-order valence-electron chi connectivity index (χ3n) is 2.63. The molecule has 1 aliphatic heterocycles. The summed E-state index contributed by atoms with van der Waals surface area (Å²) in [6, 6.07) is -0.208. The molecule has 1 saturated heterocycles. The normalized spacial score (nSPS) is 24.0. The van der Waals surface area contributed by atoms with Gasteiger partial charge in [0.05, 0.1) is 25.9 Å². The molecule has 15 heavy (non-hydrogen) atoms. The summed E-state index contributed by atoms with van der Waals surface area (Å²) >= 11 is 0. The number of hydrogen-bond acceptors (Lipinski definition) is 4. The minimum atomic E-state index is -0.208. The molecule has 2 N–H and O–H groups in total. The molecule has 0 bridgehead atoms. The van der Waals surface area contributed by atoms with Gasteiger partial charge < -0.3 is 19.8 Å². The monoisotopic (exact) mass is 211 g/mol. The molecule has 0 amide bonds. The SMILES string of the molecule is CCn1ccnc1C(N)C1COCCO1. The molecular weight excluding hydrogens is 194 g/mol. The zero-order valence-electron chi connectivity index (χ0n) is 8.93. The van der Waals surface area contributed by atoms with E-state index in [9.17, 15) is 0 Å². The molecule has 2 rings (SSSR count). The van der Waals surface area contributed by atoms with Crippen LogP contribution in [0.3, 0.4) is 0 Å². The van der Waals surface area contributed by atoms with E-state index in [1.54, 1.807) is 6.20 Å². The molecule has 1 fully saturated rings. The van der Waals surface area contributed by atoms with Crippen LogP contribution < -0.4 is 5.73 Å². The second-order valence-corrected chi connectivity index (χ2v) is 3.58. The highest BCUT2D eigenvalue weighted by molar-refractivity contribution is 5.01. The number of aromatic nitrogens is 2. The Morgan fingerprint density at radius 1 is 1.67 bits per heavy atom. The molecule has 0 spiro atoms. The Balaban J connectivity index is 2.08. The fourth-order valence-corrected chi connectivity index (χ4v) is 1.77. The molecule has 2 atom stereocenters. The molecule has 2 heterocycles. The van der Waals surface area contributed by atoms with E-state index in [0.717, 1.165) is 12.4 Å². The zero-order chi connectivity index (χ0) is 10.7. The predicted molar refractivity (Wildman–Crippen MR) is 55.4 cm³/mol. The van der Waals surface area contributed by atoms with Crippen molar-refractivity contribution in [3.05, 3.63) is 18.2 Å². The van der Waals surface area contributed by atoms with Gasteiger partial charge in [0.1, 0.15) is 11.9 Å². The molecule has 5 heteroatoms. The number of aryl methyl sites for hydroxylation is 1. The molecule has 1 aromatic heterocycles. The van der Waals surface area contributed by atoms with E-state index in [0.29, 0.717) is 19.8 Å². The minimum absolute atomic E-state index is 0.0774. The molecule has 0 aromatic carbocycles. The van der Waals surface area contributed by atoms with Crippen molar-refractivity contribution in [2.75, 3.05) is 19.8 Å². The Hall–Kier alpha value is -0.910. The van der Waals surface area contributed by atoms with Crippen LogP contribution in [0, 0.1) is 0 Å². The van der Waals surface area contributed by atoms with E-state index in [1.807, 2.05) is 10.8 Å². The lowest BCUT2D eigenvalue weighted by molar-refractivity contribution is -0.0987. The van der Waals surface area contributed by atoms with Crippen molar-refractivity contribution in [2.45, 2.75) is 25.6 Å². The minimum Gasteiger partial charge on any atom is -0.376 e. The largest absolute Gasteiger partial charge is 0.376 e. The van der Waals surface area contributed by atoms with Crippen molar-refractivity contribution >= 4 is 0 Å². The van der Waals surface area contributed by atoms with E-state index in [1.165, 1.54) is 0 Å². The highest BCUT2D eigenvalue weighted by Crippen LogP contribution is 2.17. The lowest BCUT2D eigenvalue weighted by atomic mass is 10.1. The van der Waals surface area contributed by atoms with Crippen LogP contribution in [-0.4, -0.2) is 35.5 Å². The van der Waals surface area contributed by atoms with Gasteiger partial charge in [-0.2, -0.15) is 0 Å². The Bertz CT molecular complexity index is 307. The molecular formula is C10H17N3O2. The molecule has 5 nitrogen and oxygen atoms in total. The molecule has 1 aromatic rings. The molecule has 1 aliphatic rings. The van der Waals surface area contributed by atoms with Crippen LogP contribution in [0.2, 0.25) is 0 Å². The summed E-state index contributed by atoms with van der Waals surface area (Å²) in [6.07, 6.45) is 3.62. The number of nitrogens with zero attached hydrogens (tertiary/aromatic N) is 2. The molecule has 0 saturated carbocycles. The molecule has 2 unspecified atom stereocenters. The molecule has 84 valence electrons. The number of nitrogens with two attached hydrogens (primary N) is 1. The van der Waals surface area contributed by atoms with Crippen molar-refractivity contribution in [1.29, 1.82) is 0 Å². The maximum atomic E-state index is 6.10. The van der Waals surface area contributed by atoms with Crippen LogP contribution >= 0.6 is 0 Å². The second kappa shape index (κ2) is 4.74. The maximum absolute atomic E-state index is 6.10. The van der Waals surface area contributed by atoms with Gasteiger partial charge in [-0.3, -0.25) is 0 Å². The fourth-order valence-electron chi connectivity index (χ4n) is 1.77. The Morgan fingerprint density at radius 2 is 2.53 bits per heavy atom. The summed E-state index contributed by atoms with van der Waals surface area (Å²) in [7, 11) is 0. The van der Waals surface area contributed by atoms with Gasteiger partial charge in [0.25, 0.3) is 0 Å². The third-order valence-corrected chi connectivity index (χ3v) is 2.63. The highest BCUT2D eigenvalue weighted by atomic mass is 16.6. The van der Waals surface area contributed by atoms with Gasteiger partial charge in [-0.1, -0.05) is 0 Å². The number of imidazole rings is 1. The van der Waals surface area contributed by atoms with E-state index >= 15 is 0 Å². The lowest BCUT2D eigenvalue weighted by Crippen LogP contribution is -2.39. The highest BCUT2D eigenvalue weighted by Gasteiger charge is 2.26. The maximum Gasteiger partial charge on any atom is 0.128 e. The summed E-state index contributed by atoms with van der Waals surface area (Å²) in [6.45, 7) is 4.76. The van der Waals surface area contributed by atoms with Crippen molar-refractivity contribution in [1.82, 2.24) is 9.55 Å². The average Bonchev–Trinajstić information content (AvgIpc) is 2.77. The summed E-state index contributed by atoms with van der Waals surface area (Å²) in [5.74, 6) is 0.869.